The van der Waals surface area contributed by atoms with E-state index in [0.717, 1.165) is 12.8 Å². The van der Waals surface area contributed by atoms with E-state index in [-0.39, 0.29) is 0 Å². The van der Waals surface area contributed by atoms with Crippen LogP contribution in [-0.2, 0) is 4.79 Å². The van der Waals surface area contributed by atoms with E-state index in [4.69, 9.17) is 0 Å². The van der Waals surface area contributed by atoms with Crippen LogP contribution in [0.25, 0.3) is 0 Å². The molecule has 2 unspecified atom stereocenters. The normalized spacial score (nSPS) is 35.1. The van der Waals surface area contributed by atoms with Gasteiger partial charge in [-0.2, -0.15) is 0 Å². The Kier molecular flexibility index (Phi) is 1.95. The molecule has 0 heterocycles. The number of rotatable bonds is 2. The first-order chi connectivity index (χ1) is 5.01. The highest BCUT2D eigenvalue weighted by Gasteiger charge is 2.53. The van der Waals surface area contributed by atoms with Crippen molar-refractivity contribution < 1.29 is 4.79 Å². The van der Waals surface area contributed by atoms with Crippen LogP contribution in [0.4, 0.5) is 0 Å². The molecule has 0 aromatic rings. The van der Waals surface area contributed by atoms with Crippen LogP contribution in [0.5, 0.6) is 0 Å². The van der Waals surface area contributed by atoms with Gasteiger partial charge < -0.3 is 4.90 Å². The summed E-state index contributed by atoms with van der Waals surface area (Å²) in [6.45, 7) is 4.35. The van der Waals surface area contributed by atoms with Crippen LogP contribution in [0.15, 0.2) is 0 Å². The Bertz CT molecular complexity index is 176. The zero-order valence-corrected chi connectivity index (χ0v) is 7.85. The molecule has 11 heavy (non-hydrogen) atoms. The van der Waals surface area contributed by atoms with Gasteiger partial charge in [-0.3, -0.25) is 4.79 Å². The topological polar surface area (TPSA) is 20.3 Å². The van der Waals surface area contributed by atoms with E-state index in [1.165, 1.54) is 0 Å². The van der Waals surface area contributed by atoms with Crippen molar-refractivity contribution in [2.45, 2.75) is 26.7 Å². The predicted octanol–water partition coefficient (Wildman–Crippen LogP) is 1.51. The molecule has 2 nitrogen and oxygen atoms in total. The van der Waals surface area contributed by atoms with Gasteiger partial charge in [-0.05, 0) is 18.3 Å². The standard InChI is InChI=1S/C9H17NO/c1-5-9(2)6-7(9)8(11)10(3)4/h7H,5-6H2,1-4H3. The minimum Gasteiger partial charge on any atom is -0.349 e. The van der Waals surface area contributed by atoms with E-state index in [1.54, 1.807) is 4.90 Å². The van der Waals surface area contributed by atoms with Crippen molar-refractivity contribution in [2.75, 3.05) is 14.1 Å². The lowest BCUT2D eigenvalue weighted by molar-refractivity contribution is -0.130. The average Bonchev–Trinajstić information content (AvgIpc) is 2.62. The fraction of sp³-hybridized carbons (Fsp3) is 0.889. The smallest absolute Gasteiger partial charge is 0.225 e. The number of hydrogen-bond acceptors (Lipinski definition) is 1. The van der Waals surface area contributed by atoms with Crippen LogP contribution >= 0.6 is 0 Å². The molecule has 0 spiro atoms. The molecule has 0 aromatic heterocycles. The molecule has 0 aromatic carbocycles. The summed E-state index contributed by atoms with van der Waals surface area (Å²) in [6, 6.07) is 0. The molecule has 2 atom stereocenters. The molecular formula is C9H17NO. The molecule has 0 saturated heterocycles. The van der Waals surface area contributed by atoms with Crippen molar-refractivity contribution in [2.24, 2.45) is 11.3 Å². The van der Waals surface area contributed by atoms with Crippen molar-refractivity contribution in [3.05, 3.63) is 0 Å². The first kappa shape index (κ1) is 8.57. The first-order valence-electron chi connectivity index (χ1n) is 4.22. The van der Waals surface area contributed by atoms with Gasteiger partial charge in [0.05, 0.1) is 0 Å². The van der Waals surface area contributed by atoms with Crippen LogP contribution in [0.3, 0.4) is 0 Å². The maximum absolute atomic E-state index is 11.4. The maximum atomic E-state index is 11.4. The van der Waals surface area contributed by atoms with Gasteiger partial charge in [0.15, 0.2) is 0 Å². The van der Waals surface area contributed by atoms with Crippen molar-refractivity contribution >= 4 is 5.91 Å². The Morgan fingerprint density at radius 1 is 1.64 bits per heavy atom. The van der Waals surface area contributed by atoms with E-state index in [1.807, 2.05) is 14.1 Å². The summed E-state index contributed by atoms with van der Waals surface area (Å²) in [4.78, 5) is 13.1. The molecule has 1 amide bonds. The Hall–Kier alpha value is -0.530. The minimum atomic E-state index is 0.300. The third kappa shape index (κ3) is 1.39. The Labute approximate surface area is 68.6 Å². The number of hydrogen-bond donors (Lipinski definition) is 0. The second-order valence-corrected chi connectivity index (χ2v) is 4.00. The Balaban J connectivity index is 2.49. The van der Waals surface area contributed by atoms with Gasteiger partial charge in [0, 0.05) is 20.0 Å². The molecule has 64 valence electrons. The zero-order valence-electron chi connectivity index (χ0n) is 7.85. The molecule has 0 N–H and O–H groups in total. The highest BCUT2D eigenvalue weighted by atomic mass is 16.2. The summed E-state index contributed by atoms with van der Waals surface area (Å²) in [6.07, 6.45) is 2.21. The number of amides is 1. The lowest BCUT2D eigenvalue weighted by Gasteiger charge is -2.12. The van der Waals surface area contributed by atoms with Crippen LogP contribution in [0.2, 0.25) is 0 Å². The van der Waals surface area contributed by atoms with E-state index < -0.39 is 0 Å². The number of nitrogens with zero attached hydrogens (tertiary/aromatic N) is 1. The monoisotopic (exact) mass is 155 g/mol. The maximum Gasteiger partial charge on any atom is 0.225 e. The van der Waals surface area contributed by atoms with Gasteiger partial charge in [-0.25, -0.2) is 0 Å². The third-order valence-electron chi connectivity index (χ3n) is 2.90. The zero-order chi connectivity index (χ0) is 8.65. The van der Waals surface area contributed by atoms with Crippen molar-refractivity contribution in [3.63, 3.8) is 0 Å². The predicted molar refractivity (Wildman–Crippen MR) is 45.2 cm³/mol. The molecule has 1 aliphatic carbocycles. The third-order valence-corrected chi connectivity index (χ3v) is 2.90. The molecule has 0 aliphatic heterocycles. The Morgan fingerprint density at radius 3 is 2.45 bits per heavy atom. The van der Waals surface area contributed by atoms with Crippen LogP contribution in [0.1, 0.15) is 26.7 Å². The van der Waals surface area contributed by atoms with Crippen molar-refractivity contribution in [1.29, 1.82) is 0 Å². The molecule has 0 bridgehead atoms. The van der Waals surface area contributed by atoms with Gasteiger partial charge in [0.1, 0.15) is 0 Å². The van der Waals surface area contributed by atoms with Gasteiger partial charge >= 0.3 is 0 Å². The summed E-state index contributed by atoms with van der Waals surface area (Å²) in [7, 11) is 3.66. The van der Waals surface area contributed by atoms with Crippen LogP contribution in [0, 0.1) is 11.3 Å². The van der Waals surface area contributed by atoms with Gasteiger partial charge in [-0.15, -0.1) is 0 Å². The number of carbonyl (C=O) groups is 1. The highest BCUT2D eigenvalue weighted by molar-refractivity contribution is 5.82. The van der Waals surface area contributed by atoms with Gasteiger partial charge in [0.2, 0.25) is 5.91 Å². The molecule has 1 saturated carbocycles. The van der Waals surface area contributed by atoms with Crippen molar-refractivity contribution in [3.8, 4) is 0 Å². The second-order valence-electron chi connectivity index (χ2n) is 4.00. The summed E-state index contributed by atoms with van der Waals surface area (Å²) in [5.74, 6) is 0.608. The second kappa shape index (κ2) is 2.50. The summed E-state index contributed by atoms with van der Waals surface area (Å²) in [5.41, 5.74) is 0.321. The number of carbonyl (C=O) groups excluding carboxylic acids is 1. The average molecular weight is 155 g/mol. The SMILES string of the molecule is CCC1(C)CC1C(=O)N(C)C. The fourth-order valence-electron chi connectivity index (χ4n) is 1.50. The first-order valence-corrected chi connectivity index (χ1v) is 4.22. The van der Waals surface area contributed by atoms with E-state index in [2.05, 4.69) is 13.8 Å². The largest absolute Gasteiger partial charge is 0.349 e. The van der Waals surface area contributed by atoms with E-state index >= 15 is 0 Å². The van der Waals surface area contributed by atoms with Crippen LogP contribution < -0.4 is 0 Å². The summed E-state index contributed by atoms with van der Waals surface area (Å²) in [5, 5.41) is 0. The van der Waals surface area contributed by atoms with Gasteiger partial charge in [-0.1, -0.05) is 13.8 Å². The molecule has 1 fully saturated rings. The Morgan fingerprint density at radius 2 is 2.18 bits per heavy atom. The molecule has 1 rings (SSSR count). The fourth-order valence-corrected chi connectivity index (χ4v) is 1.50. The highest BCUT2D eigenvalue weighted by Crippen LogP contribution is 2.55. The minimum absolute atomic E-state index is 0.300. The quantitative estimate of drug-likeness (QED) is 0.592. The molecular weight excluding hydrogens is 138 g/mol. The molecule has 0 radical (unpaired) electrons. The molecule has 1 aliphatic rings. The molecule has 2 heteroatoms. The van der Waals surface area contributed by atoms with Crippen molar-refractivity contribution in [1.82, 2.24) is 4.90 Å². The summed E-state index contributed by atoms with van der Waals surface area (Å²) < 4.78 is 0. The van der Waals surface area contributed by atoms with E-state index in [9.17, 15) is 4.79 Å². The van der Waals surface area contributed by atoms with E-state index in [0.29, 0.717) is 17.2 Å². The lowest BCUT2D eigenvalue weighted by Crippen LogP contribution is -2.25. The van der Waals surface area contributed by atoms with Crippen LogP contribution in [-0.4, -0.2) is 24.9 Å². The van der Waals surface area contributed by atoms with Gasteiger partial charge in [0.25, 0.3) is 0 Å². The lowest BCUT2D eigenvalue weighted by atomic mass is 10.0. The summed E-state index contributed by atoms with van der Waals surface area (Å²) >= 11 is 0.